The van der Waals surface area contributed by atoms with Gasteiger partial charge in [-0.05, 0) is 25.8 Å². The maximum atomic E-state index is 14.0. The lowest BCUT2D eigenvalue weighted by Gasteiger charge is -2.19. The molecule has 24 heavy (non-hydrogen) atoms. The van der Waals surface area contributed by atoms with Gasteiger partial charge in [0.25, 0.3) is 5.91 Å². The Morgan fingerprint density at radius 3 is 2.79 bits per heavy atom. The Morgan fingerprint density at radius 2 is 2.04 bits per heavy atom. The van der Waals surface area contributed by atoms with Gasteiger partial charge < -0.3 is 10.3 Å². The van der Waals surface area contributed by atoms with Crippen LogP contribution >= 0.6 is 0 Å². The van der Waals surface area contributed by atoms with E-state index in [1.54, 1.807) is 0 Å². The minimum absolute atomic E-state index is 0.0117. The van der Waals surface area contributed by atoms with Crippen molar-refractivity contribution < 1.29 is 13.6 Å². The molecule has 1 aliphatic rings. The topological polar surface area (TPSA) is 57.8 Å². The van der Waals surface area contributed by atoms with Gasteiger partial charge in [-0.1, -0.05) is 31.6 Å². The van der Waals surface area contributed by atoms with Crippen LogP contribution in [0.25, 0.3) is 11.0 Å². The maximum absolute atomic E-state index is 14.0. The number of amides is 1. The maximum Gasteiger partial charge on any atom is 0.267 e. The summed E-state index contributed by atoms with van der Waals surface area (Å²) in [6.07, 6.45) is 3.10. The lowest BCUT2D eigenvalue weighted by Crippen LogP contribution is -2.35. The van der Waals surface area contributed by atoms with Gasteiger partial charge in [0.05, 0.1) is 11.1 Å². The number of nitrogens with one attached hydrogen (secondary N) is 2. The zero-order valence-electron chi connectivity index (χ0n) is 14.3. The van der Waals surface area contributed by atoms with Gasteiger partial charge in [-0.25, -0.2) is 13.8 Å². The van der Waals surface area contributed by atoms with E-state index in [2.05, 4.69) is 28.4 Å². The molecule has 0 aromatic carbocycles. The molecule has 2 aromatic rings. The van der Waals surface area contributed by atoms with Gasteiger partial charge in [-0.3, -0.25) is 4.79 Å². The molecule has 0 spiro atoms. The lowest BCUT2D eigenvalue weighted by molar-refractivity contribution is 0.0930. The molecule has 1 atom stereocenters. The number of carbonyl (C=O) groups excluding carboxylic acids is 1. The quantitative estimate of drug-likeness (QED) is 0.799. The number of halogens is 2. The SMILES string of the molecule is Cc1nc2[nH]c(C(=O)NC3CCC[Si](C)(C)CC3)cc2c(F)c1F. The van der Waals surface area contributed by atoms with Gasteiger partial charge in [0.2, 0.25) is 0 Å². The molecular formula is C17H23F2N3OSi. The molecule has 1 unspecified atom stereocenters. The van der Waals surface area contributed by atoms with Crippen LogP contribution in [0.15, 0.2) is 6.07 Å². The van der Waals surface area contributed by atoms with Crippen molar-refractivity contribution in [1.29, 1.82) is 0 Å². The summed E-state index contributed by atoms with van der Waals surface area (Å²) in [5.41, 5.74) is 0.401. The first-order chi connectivity index (χ1) is 11.3. The van der Waals surface area contributed by atoms with Crippen molar-refractivity contribution in [2.75, 3.05) is 0 Å². The molecule has 7 heteroatoms. The molecule has 0 aliphatic carbocycles. The smallest absolute Gasteiger partial charge is 0.267 e. The van der Waals surface area contributed by atoms with Crippen LogP contribution in [0.2, 0.25) is 25.2 Å². The Morgan fingerprint density at radius 1 is 1.29 bits per heavy atom. The van der Waals surface area contributed by atoms with Crippen molar-refractivity contribution in [3.8, 4) is 0 Å². The third-order valence-electron chi connectivity index (χ3n) is 4.98. The predicted molar refractivity (Wildman–Crippen MR) is 92.9 cm³/mol. The van der Waals surface area contributed by atoms with E-state index in [0.29, 0.717) is 0 Å². The summed E-state index contributed by atoms with van der Waals surface area (Å²) in [6.45, 7) is 6.18. The Balaban J connectivity index is 1.78. The highest BCUT2D eigenvalue weighted by molar-refractivity contribution is 6.77. The van der Waals surface area contributed by atoms with Crippen molar-refractivity contribution in [2.45, 2.75) is 57.4 Å². The summed E-state index contributed by atoms with van der Waals surface area (Å²) in [5, 5.41) is 3.04. The summed E-state index contributed by atoms with van der Waals surface area (Å²) in [7, 11) is -1.12. The van der Waals surface area contributed by atoms with Crippen LogP contribution in [0.3, 0.4) is 0 Å². The highest BCUT2D eigenvalue weighted by Crippen LogP contribution is 2.27. The van der Waals surface area contributed by atoms with E-state index in [4.69, 9.17) is 0 Å². The minimum atomic E-state index is -1.12. The second-order valence-electron chi connectivity index (χ2n) is 7.54. The molecule has 0 radical (unpaired) electrons. The van der Waals surface area contributed by atoms with E-state index in [1.807, 2.05) is 0 Å². The third-order valence-corrected chi connectivity index (χ3v) is 8.33. The van der Waals surface area contributed by atoms with E-state index >= 15 is 0 Å². The first-order valence-electron chi connectivity index (χ1n) is 8.42. The fourth-order valence-electron chi connectivity index (χ4n) is 3.38. The number of hydrogen-bond acceptors (Lipinski definition) is 2. The number of hydrogen-bond donors (Lipinski definition) is 2. The number of aryl methyl sites for hydroxylation is 1. The highest BCUT2D eigenvalue weighted by Gasteiger charge is 2.27. The van der Waals surface area contributed by atoms with Gasteiger partial charge in [0.15, 0.2) is 11.6 Å². The summed E-state index contributed by atoms with van der Waals surface area (Å²) in [4.78, 5) is 19.2. The predicted octanol–water partition coefficient (Wildman–Crippen LogP) is 4.14. The summed E-state index contributed by atoms with van der Waals surface area (Å²) in [6, 6.07) is 3.98. The van der Waals surface area contributed by atoms with Crippen molar-refractivity contribution in [3.63, 3.8) is 0 Å². The third kappa shape index (κ3) is 3.36. The zero-order chi connectivity index (χ0) is 17.5. The minimum Gasteiger partial charge on any atom is -0.348 e. The Hall–Kier alpha value is -1.76. The fraction of sp³-hybridized carbons (Fsp3) is 0.529. The molecule has 1 fully saturated rings. The second-order valence-corrected chi connectivity index (χ2v) is 12.9. The molecule has 1 aliphatic heterocycles. The molecule has 0 bridgehead atoms. The summed E-state index contributed by atoms with van der Waals surface area (Å²) in [5.74, 6) is -2.21. The molecule has 3 heterocycles. The molecule has 130 valence electrons. The average molecular weight is 351 g/mol. The van der Waals surface area contributed by atoms with Gasteiger partial charge >= 0.3 is 0 Å². The Kier molecular flexibility index (Phi) is 4.46. The van der Waals surface area contributed by atoms with Crippen molar-refractivity contribution in [2.24, 2.45) is 0 Å². The number of rotatable bonds is 2. The first-order valence-corrected chi connectivity index (χ1v) is 11.8. The van der Waals surface area contributed by atoms with E-state index in [-0.39, 0.29) is 34.4 Å². The van der Waals surface area contributed by atoms with E-state index in [1.165, 1.54) is 25.1 Å². The van der Waals surface area contributed by atoms with E-state index in [0.717, 1.165) is 19.3 Å². The van der Waals surface area contributed by atoms with Crippen LogP contribution in [0.1, 0.15) is 35.4 Å². The molecule has 1 amide bonds. The van der Waals surface area contributed by atoms with Crippen LogP contribution in [0.4, 0.5) is 8.78 Å². The van der Waals surface area contributed by atoms with Gasteiger partial charge in [0, 0.05) is 14.1 Å². The van der Waals surface area contributed by atoms with Crippen LogP contribution in [-0.4, -0.2) is 30.0 Å². The van der Waals surface area contributed by atoms with Crippen molar-refractivity contribution >= 4 is 25.0 Å². The number of fused-ring (bicyclic) bond motifs is 1. The van der Waals surface area contributed by atoms with E-state index < -0.39 is 19.7 Å². The second kappa shape index (κ2) is 6.27. The van der Waals surface area contributed by atoms with E-state index in [9.17, 15) is 13.6 Å². The van der Waals surface area contributed by atoms with Gasteiger partial charge in [-0.15, -0.1) is 0 Å². The van der Waals surface area contributed by atoms with Crippen molar-refractivity contribution in [1.82, 2.24) is 15.3 Å². The molecule has 3 rings (SSSR count). The van der Waals surface area contributed by atoms with Crippen LogP contribution < -0.4 is 5.32 Å². The Labute approximate surface area is 141 Å². The average Bonchev–Trinajstić information content (AvgIpc) is 2.86. The first kappa shape index (κ1) is 17.1. The molecular weight excluding hydrogens is 328 g/mol. The van der Waals surface area contributed by atoms with Gasteiger partial charge in [-0.2, -0.15) is 0 Å². The molecule has 1 saturated heterocycles. The normalized spacial score (nSPS) is 20.8. The number of aromatic nitrogens is 2. The summed E-state index contributed by atoms with van der Waals surface area (Å²) < 4.78 is 27.6. The molecule has 2 N–H and O–H groups in total. The van der Waals surface area contributed by atoms with Crippen LogP contribution in [-0.2, 0) is 0 Å². The van der Waals surface area contributed by atoms with Crippen LogP contribution in [0, 0.1) is 18.6 Å². The number of nitrogens with zero attached hydrogens (tertiary/aromatic N) is 1. The fourth-order valence-corrected chi connectivity index (χ4v) is 5.93. The lowest BCUT2D eigenvalue weighted by atomic mass is 10.1. The number of aromatic amines is 1. The Bertz CT molecular complexity index is 788. The zero-order valence-corrected chi connectivity index (χ0v) is 15.3. The summed E-state index contributed by atoms with van der Waals surface area (Å²) >= 11 is 0. The van der Waals surface area contributed by atoms with Crippen LogP contribution in [0.5, 0.6) is 0 Å². The largest absolute Gasteiger partial charge is 0.348 e. The number of H-pyrrole nitrogens is 1. The molecule has 4 nitrogen and oxygen atoms in total. The highest BCUT2D eigenvalue weighted by atomic mass is 28.3. The number of pyridine rings is 1. The number of carbonyl (C=O) groups is 1. The standard InChI is InChI=1S/C17H23F2N3OSi/c1-10-14(18)15(19)12-9-13(22-16(12)20-10)17(23)21-11-5-4-7-24(2,3)8-6-11/h9,11H,4-8H2,1-3H3,(H,20,22)(H,21,23). The van der Waals surface area contributed by atoms with Gasteiger partial charge in [0.1, 0.15) is 11.3 Å². The monoisotopic (exact) mass is 351 g/mol. The molecule has 2 aromatic heterocycles. The molecule has 0 saturated carbocycles. The van der Waals surface area contributed by atoms with Crippen molar-refractivity contribution in [3.05, 3.63) is 29.1 Å².